The molecule has 0 spiro atoms. The molecule has 5 nitrogen and oxygen atoms in total. The Labute approximate surface area is 142 Å². The van der Waals surface area contributed by atoms with Crippen LogP contribution in [0.15, 0.2) is 4.99 Å². The van der Waals surface area contributed by atoms with E-state index in [9.17, 15) is 5.11 Å². The summed E-state index contributed by atoms with van der Waals surface area (Å²) in [7, 11) is 0. The first-order valence-corrected chi connectivity index (χ1v) is 9.58. The highest BCUT2D eigenvalue weighted by Crippen LogP contribution is 2.29. The molecule has 0 aromatic carbocycles. The van der Waals surface area contributed by atoms with Crippen molar-refractivity contribution in [2.75, 3.05) is 45.8 Å². The van der Waals surface area contributed by atoms with Gasteiger partial charge in [0.05, 0.1) is 12.1 Å². The second-order valence-corrected chi connectivity index (χ2v) is 7.19. The van der Waals surface area contributed by atoms with E-state index in [1.807, 2.05) is 0 Å². The van der Waals surface area contributed by atoms with Gasteiger partial charge in [-0.1, -0.05) is 26.7 Å². The minimum atomic E-state index is -0.555. The van der Waals surface area contributed by atoms with Gasteiger partial charge < -0.3 is 20.2 Å². The Morgan fingerprint density at radius 3 is 2.57 bits per heavy atom. The molecule has 0 aromatic heterocycles. The molecule has 5 heteroatoms. The van der Waals surface area contributed by atoms with Crippen LogP contribution in [0, 0.1) is 5.92 Å². The van der Waals surface area contributed by atoms with Gasteiger partial charge in [0, 0.05) is 26.2 Å². The number of aliphatic hydroxyl groups is 1. The van der Waals surface area contributed by atoms with Gasteiger partial charge in [-0.05, 0) is 45.2 Å². The van der Waals surface area contributed by atoms with E-state index in [2.05, 4.69) is 35.9 Å². The highest BCUT2D eigenvalue weighted by Gasteiger charge is 2.32. The molecule has 0 radical (unpaired) electrons. The molecule has 23 heavy (non-hydrogen) atoms. The van der Waals surface area contributed by atoms with Crippen molar-refractivity contribution in [2.45, 2.75) is 58.5 Å². The fourth-order valence-electron chi connectivity index (χ4n) is 3.86. The number of nitrogens with one attached hydrogen (secondary N) is 1. The summed E-state index contributed by atoms with van der Waals surface area (Å²) in [5.41, 5.74) is -0.555. The van der Waals surface area contributed by atoms with Crippen LogP contribution in [0.1, 0.15) is 52.9 Å². The van der Waals surface area contributed by atoms with Crippen LogP contribution in [-0.4, -0.2) is 72.3 Å². The first-order valence-electron chi connectivity index (χ1n) is 9.58. The van der Waals surface area contributed by atoms with Gasteiger partial charge in [0.1, 0.15) is 0 Å². The zero-order chi connectivity index (χ0) is 16.7. The second-order valence-electron chi connectivity index (χ2n) is 7.19. The molecule has 0 amide bonds. The molecule has 2 aliphatic rings. The van der Waals surface area contributed by atoms with Crippen molar-refractivity contribution < 1.29 is 5.11 Å². The van der Waals surface area contributed by atoms with E-state index in [0.717, 1.165) is 70.3 Å². The maximum Gasteiger partial charge on any atom is 0.194 e. The van der Waals surface area contributed by atoms with Gasteiger partial charge in [-0.3, -0.25) is 4.99 Å². The summed E-state index contributed by atoms with van der Waals surface area (Å²) in [4.78, 5) is 9.67. The maximum absolute atomic E-state index is 10.5. The van der Waals surface area contributed by atoms with E-state index < -0.39 is 5.60 Å². The van der Waals surface area contributed by atoms with Crippen molar-refractivity contribution in [1.29, 1.82) is 0 Å². The molecule has 1 saturated carbocycles. The third-order valence-corrected chi connectivity index (χ3v) is 5.39. The van der Waals surface area contributed by atoms with Crippen molar-refractivity contribution in [1.82, 2.24) is 15.1 Å². The van der Waals surface area contributed by atoms with Gasteiger partial charge >= 0.3 is 0 Å². The lowest BCUT2D eigenvalue weighted by Gasteiger charge is -2.26. The molecule has 1 atom stereocenters. The van der Waals surface area contributed by atoms with Crippen molar-refractivity contribution >= 4 is 5.96 Å². The molecule has 1 heterocycles. The number of hydrogen-bond acceptors (Lipinski definition) is 3. The summed E-state index contributed by atoms with van der Waals surface area (Å²) >= 11 is 0. The van der Waals surface area contributed by atoms with Gasteiger partial charge in [0.25, 0.3) is 0 Å². The minimum Gasteiger partial charge on any atom is -0.388 e. The number of nitrogens with zero attached hydrogens (tertiary/aromatic N) is 3. The Hall–Kier alpha value is -0.810. The number of rotatable bonds is 7. The smallest absolute Gasteiger partial charge is 0.194 e. The van der Waals surface area contributed by atoms with Gasteiger partial charge in [-0.25, -0.2) is 0 Å². The average Bonchev–Trinajstić information content (AvgIpc) is 3.19. The predicted molar refractivity (Wildman–Crippen MR) is 96.9 cm³/mol. The lowest BCUT2D eigenvalue weighted by Crippen LogP contribution is -2.42. The Kier molecular flexibility index (Phi) is 7.15. The maximum atomic E-state index is 10.5. The molecule has 2 rings (SSSR count). The number of guanidine groups is 1. The molecule has 1 aliphatic carbocycles. The predicted octanol–water partition coefficient (Wildman–Crippen LogP) is 1.92. The largest absolute Gasteiger partial charge is 0.388 e. The third-order valence-electron chi connectivity index (χ3n) is 5.39. The van der Waals surface area contributed by atoms with Crippen LogP contribution in [-0.2, 0) is 0 Å². The number of aliphatic imine (C=N–C) groups is 1. The second kappa shape index (κ2) is 8.88. The van der Waals surface area contributed by atoms with E-state index in [0.29, 0.717) is 6.54 Å². The first kappa shape index (κ1) is 18.5. The highest BCUT2D eigenvalue weighted by atomic mass is 16.3. The summed E-state index contributed by atoms with van der Waals surface area (Å²) < 4.78 is 0. The van der Waals surface area contributed by atoms with E-state index in [-0.39, 0.29) is 0 Å². The molecule has 1 unspecified atom stereocenters. The summed E-state index contributed by atoms with van der Waals surface area (Å²) in [5.74, 6) is 1.73. The van der Waals surface area contributed by atoms with Crippen LogP contribution in [0.3, 0.4) is 0 Å². The summed E-state index contributed by atoms with van der Waals surface area (Å²) in [6.07, 6.45) is 5.32. The standard InChI is InChI=1S/C18H36N4O/c1-4-19-17(20-15-18(23)10-7-8-11-18)22-12-9-16(14-22)13-21(5-2)6-3/h16,23H,4-15H2,1-3H3,(H,19,20). The Bertz CT molecular complexity index is 375. The molecule has 134 valence electrons. The zero-order valence-electron chi connectivity index (χ0n) is 15.4. The van der Waals surface area contributed by atoms with Crippen LogP contribution >= 0.6 is 0 Å². The molecular weight excluding hydrogens is 288 g/mol. The molecule has 0 aromatic rings. The molecular formula is C18H36N4O. The van der Waals surface area contributed by atoms with E-state index in [1.54, 1.807) is 0 Å². The van der Waals surface area contributed by atoms with E-state index in [4.69, 9.17) is 4.99 Å². The van der Waals surface area contributed by atoms with Crippen molar-refractivity contribution in [2.24, 2.45) is 10.9 Å². The van der Waals surface area contributed by atoms with Crippen LogP contribution in [0.4, 0.5) is 0 Å². The summed E-state index contributed by atoms with van der Waals surface area (Å²) in [6.45, 7) is 13.6. The normalized spacial score (nSPS) is 24.7. The highest BCUT2D eigenvalue weighted by molar-refractivity contribution is 5.80. The van der Waals surface area contributed by atoms with Gasteiger partial charge in [0.2, 0.25) is 0 Å². The first-order chi connectivity index (χ1) is 11.1. The Morgan fingerprint density at radius 1 is 1.26 bits per heavy atom. The van der Waals surface area contributed by atoms with Crippen LogP contribution < -0.4 is 5.32 Å². The Morgan fingerprint density at radius 2 is 1.96 bits per heavy atom. The van der Waals surface area contributed by atoms with E-state index in [1.165, 1.54) is 13.0 Å². The fraction of sp³-hybridized carbons (Fsp3) is 0.944. The lowest BCUT2D eigenvalue weighted by atomic mass is 10.0. The van der Waals surface area contributed by atoms with Gasteiger partial charge in [-0.15, -0.1) is 0 Å². The molecule has 0 bridgehead atoms. The lowest BCUT2D eigenvalue weighted by molar-refractivity contribution is 0.0572. The Balaban J connectivity index is 1.90. The number of hydrogen-bond donors (Lipinski definition) is 2. The topological polar surface area (TPSA) is 51.1 Å². The number of likely N-dealkylation sites (tertiary alicyclic amines) is 1. The van der Waals surface area contributed by atoms with Crippen molar-refractivity contribution in [3.63, 3.8) is 0 Å². The summed E-state index contributed by atoms with van der Waals surface area (Å²) in [6, 6.07) is 0. The fourth-order valence-corrected chi connectivity index (χ4v) is 3.86. The molecule has 2 N–H and O–H groups in total. The van der Waals surface area contributed by atoms with Crippen LogP contribution in [0.25, 0.3) is 0 Å². The molecule has 1 aliphatic heterocycles. The van der Waals surface area contributed by atoms with Gasteiger partial charge in [-0.2, -0.15) is 0 Å². The minimum absolute atomic E-state index is 0.548. The average molecular weight is 325 g/mol. The van der Waals surface area contributed by atoms with Crippen molar-refractivity contribution in [3.05, 3.63) is 0 Å². The quantitative estimate of drug-likeness (QED) is 0.555. The summed E-state index contributed by atoms with van der Waals surface area (Å²) in [5, 5.41) is 13.9. The van der Waals surface area contributed by atoms with Crippen molar-refractivity contribution in [3.8, 4) is 0 Å². The van der Waals surface area contributed by atoms with Gasteiger partial charge in [0.15, 0.2) is 5.96 Å². The zero-order valence-corrected chi connectivity index (χ0v) is 15.4. The van der Waals surface area contributed by atoms with Crippen LogP contribution in [0.5, 0.6) is 0 Å². The SMILES string of the molecule is CCNC(=NCC1(O)CCCC1)N1CCC(CN(CC)CC)C1. The third kappa shape index (κ3) is 5.35. The van der Waals surface area contributed by atoms with Crippen LogP contribution in [0.2, 0.25) is 0 Å². The van der Waals surface area contributed by atoms with E-state index >= 15 is 0 Å². The molecule has 2 fully saturated rings. The monoisotopic (exact) mass is 324 g/mol. The molecule has 1 saturated heterocycles.